The Morgan fingerprint density at radius 2 is 1.96 bits per heavy atom. The van der Waals surface area contributed by atoms with Crippen molar-refractivity contribution < 1.29 is 17.9 Å². The molecule has 2 aromatic rings. The van der Waals surface area contributed by atoms with Crippen LogP contribution in [0.25, 0.3) is 0 Å². The highest BCUT2D eigenvalue weighted by atomic mass is 32.2. The molecular weight excluding hydrogens is 352 g/mol. The molecule has 1 atom stereocenters. The highest BCUT2D eigenvalue weighted by Gasteiger charge is 2.18. The molecule has 2 N–H and O–H groups in total. The number of amides is 1. The van der Waals surface area contributed by atoms with Gasteiger partial charge in [0.05, 0.1) is 16.7 Å². The fraction of sp³-hybridized carbons (Fsp3) is 0.316. The molecule has 0 bridgehead atoms. The van der Waals surface area contributed by atoms with Crippen LogP contribution < -0.4 is 10.0 Å². The fourth-order valence-electron chi connectivity index (χ4n) is 2.79. The lowest BCUT2D eigenvalue weighted by Crippen LogP contribution is -2.31. The minimum atomic E-state index is -3.71. The van der Waals surface area contributed by atoms with Gasteiger partial charge in [0.15, 0.2) is 0 Å². The zero-order valence-corrected chi connectivity index (χ0v) is 15.4. The summed E-state index contributed by atoms with van der Waals surface area (Å²) in [6.07, 6.45) is 2.01. The zero-order valence-electron chi connectivity index (χ0n) is 14.6. The van der Waals surface area contributed by atoms with Crippen LogP contribution in [0.3, 0.4) is 0 Å². The van der Waals surface area contributed by atoms with Crippen LogP contribution in [0.15, 0.2) is 53.4 Å². The first-order valence-corrected chi connectivity index (χ1v) is 10.0. The van der Waals surface area contributed by atoms with E-state index in [1.165, 1.54) is 12.1 Å². The van der Waals surface area contributed by atoms with Crippen LogP contribution in [-0.2, 0) is 14.8 Å². The lowest BCUT2D eigenvalue weighted by atomic mass is 10.1. The van der Waals surface area contributed by atoms with Gasteiger partial charge in [0, 0.05) is 18.7 Å². The molecule has 1 saturated heterocycles. The molecule has 0 saturated carbocycles. The van der Waals surface area contributed by atoms with Gasteiger partial charge >= 0.3 is 0 Å². The van der Waals surface area contributed by atoms with E-state index in [4.69, 9.17) is 4.74 Å². The first kappa shape index (κ1) is 18.4. The van der Waals surface area contributed by atoms with Crippen LogP contribution in [0, 0.1) is 6.92 Å². The van der Waals surface area contributed by atoms with Gasteiger partial charge < -0.3 is 10.1 Å². The first-order chi connectivity index (χ1) is 12.5. The average molecular weight is 374 g/mol. The van der Waals surface area contributed by atoms with Crippen molar-refractivity contribution in [1.82, 2.24) is 5.32 Å². The molecule has 1 aliphatic heterocycles. The summed E-state index contributed by atoms with van der Waals surface area (Å²) in [5.74, 6) is -0.249. The van der Waals surface area contributed by atoms with Crippen molar-refractivity contribution in [3.05, 3.63) is 59.7 Å². The second-order valence-electron chi connectivity index (χ2n) is 6.29. The zero-order chi connectivity index (χ0) is 18.6. The van der Waals surface area contributed by atoms with Crippen molar-refractivity contribution in [3.8, 4) is 0 Å². The summed E-state index contributed by atoms with van der Waals surface area (Å²) < 4.78 is 33.1. The van der Waals surface area contributed by atoms with E-state index in [0.717, 1.165) is 25.0 Å². The van der Waals surface area contributed by atoms with E-state index in [1.54, 1.807) is 43.3 Å². The molecule has 0 aliphatic carbocycles. The standard InChI is InChI=1S/C19H22N2O4S/c1-14-9-10-15(19(22)20-13-16-6-5-11-25-16)12-18(14)21-26(23,24)17-7-3-2-4-8-17/h2-4,7-10,12,16,21H,5-6,11,13H2,1H3,(H,20,22)/t16-/m0/s1. The molecule has 0 unspecified atom stereocenters. The number of carbonyl (C=O) groups excluding carboxylic acids is 1. The van der Waals surface area contributed by atoms with Gasteiger partial charge in [-0.2, -0.15) is 0 Å². The van der Waals surface area contributed by atoms with Gasteiger partial charge in [-0.1, -0.05) is 24.3 Å². The van der Waals surface area contributed by atoms with E-state index in [-0.39, 0.29) is 16.9 Å². The Morgan fingerprint density at radius 1 is 1.19 bits per heavy atom. The van der Waals surface area contributed by atoms with Crippen LogP contribution in [0.2, 0.25) is 0 Å². The Kier molecular flexibility index (Phi) is 5.58. The van der Waals surface area contributed by atoms with E-state index >= 15 is 0 Å². The smallest absolute Gasteiger partial charge is 0.261 e. The van der Waals surface area contributed by atoms with Crippen LogP contribution in [0.4, 0.5) is 5.69 Å². The minimum Gasteiger partial charge on any atom is -0.376 e. The quantitative estimate of drug-likeness (QED) is 0.814. The molecule has 0 spiro atoms. The number of carbonyl (C=O) groups is 1. The molecule has 0 aromatic heterocycles. The van der Waals surface area contributed by atoms with Crippen molar-refractivity contribution in [1.29, 1.82) is 0 Å². The molecule has 1 amide bonds. The van der Waals surface area contributed by atoms with Crippen molar-refractivity contribution in [3.63, 3.8) is 0 Å². The van der Waals surface area contributed by atoms with E-state index in [9.17, 15) is 13.2 Å². The van der Waals surface area contributed by atoms with Crippen molar-refractivity contribution >= 4 is 21.6 Å². The third kappa shape index (κ3) is 4.42. The number of hydrogen-bond acceptors (Lipinski definition) is 4. The average Bonchev–Trinajstić information content (AvgIpc) is 3.16. The minimum absolute atomic E-state index is 0.0560. The summed E-state index contributed by atoms with van der Waals surface area (Å²) in [5, 5.41) is 2.84. The largest absolute Gasteiger partial charge is 0.376 e. The fourth-order valence-corrected chi connectivity index (χ4v) is 3.93. The molecule has 2 aromatic carbocycles. The Morgan fingerprint density at radius 3 is 2.65 bits per heavy atom. The summed E-state index contributed by atoms with van der Waals surface area (Å²) in [5.41, 5.74) is 1.53. The summed E-state index contributed by atoms with van der Waals surface area (Å²) in [7, 11) is -3.71. The normalized spacial score (nSPS) is 17.0. The monoisotopic (exact) mass is 374 g/mol. The second kappa shape index (κ2) is 7.88. The highest BCUT2D eigenvalue weighted by molar-refractivity contribution is 7.92. The SMILES string of the molecule is Cc1ccc(C(=O)NC[C@@H]2CCCO2)cc1NS(=O)(=O)c1ccccc1. The molecule has 0 radical (unpaired) electrons. The van der Waals surface area contributed by atoms with Crippen LogP contribution in [-0.4, -0.2) is 33.6 Å². The lowest BCUT2D eigenvalue weighted by molar-refractivity contribution is 0.0858. The number of ether oxygens (including phenoxy) is 1. The van der Waals surface area contributed by atoms with Gasteiger partial charge in [0.1, 0.15) is 0 Å². The second-order valence-corrected chi connectivity index (χ2v) is 7.98. The van der Waals surface area contributed by atoms with Crippen LogP contribution >= 0.6 is 0 Å². The number of nitrogens with one attached hydrogen (secondary N) is 2. The third-order valence-electron chi connectivity index (χ3n) is 4.31. The van der Waals surface area contributed by atoms with Gasteiger partial charge in [-0.3, -0.25) is 9.52 Å². The summed E-state index contributed by atoms with van der Waals surface area (Å²) in [6.45, 7) is 2.98. The lowest BCUT2D eigenvalue weighted by Gasteiger charge is -2.14. The molecule has 138 valence electrons. The molecule has 6 nitrogen and oxygen atoms in total. The van der Waals surface area contributed by atoms with Crippen molar-refractivity contribution in [2.45, 2.75) is 30.8 Å². The van der Waals surface area contributed by atoms with Gasteiger partial charge in [-0.05, 0) is 49.6 Å². The predicted octanol–water partition coefficient (Wildman–Crippen LogP) is 2.70. The van der Waals surface area contributed by atoms with E-state index in [0.29, 0.717) is 17.8 Å². The molecule has 7 heteroatoms. The molecule has 26 heavy (non-hydrogen) atoms. The Labute approximate surface area is 153 Å². The third-order valence-corrected chi connectivity index (χ3v) is 5.69. The molecule has 1 aliphatic rings. The van der Waals surface area contributed by atoms with E-state index in [1.807, 2.05) is 0 Å². The van der Waals surface area contributed by atoms with Gasteiger partial charge in [-0.25, -0.2) is 8.42 Å². The number of aryl methyl sites for hydroxylation is 1. The van der Waals surface area contributed by atoms with Crippen LogP contribution in [0.5, 0.6) is 0 Å². The van der Waals surface area contributed by atoms with Crippen molar-refractivity contribution in [2.24, 2.45) is 0 Å². The molecule has 1 heterocycles. The number of benzene rings is 2. The summed E-state index contributed by atoms with van der Waals surface area (Å²) in [6, 6.07) is 13.1. The van der Waals surface area contributed by atoms with E-state index < -0.39 is 10.0 Å². The van der Waals surface area contributed by atoms with Crippen molar-refractivity contribution in [2.75, 3.05) is 17.9 Å². The predicted molar refractivity (Wildman–Crippen MR) is 99.7 cm³/mol. The maximum atomic E-state index is 12.5. The summed E-state index contributed by atoms with van der Waals surface area (Å²) in [4.78, 5) is 12.5. The molecule has 1 fully saturated rings. The maximum Gasteiger partial charge on any atom is 0.261 e. The highest BCUT2D eigenvalue weighted by Crippen LogP contribution is 2.21. The van der Waals surface area contributed by atoms with Crippen LogP contribution in [0.1, 0.15) is 28.8 Å². The van der Waals surface area contributed by atoms with E-state index in [2.05, 4.69) is 10.0 Å². The molecular formula is C19H22N2O4S. The Balaban J connectivity index is 1.74. The Bertz CT molecular complexity index is 876. The first-order valence-electron chi connectivity index (χ1n) is 8.54. The Hall–Kier alpha value is -2.38. The number of hydrogen-bond donors (Lipinski definition) is 2. The molecule has 3 rings (SSSR count). The maximum absolute atomic E-state index is 12.5. The van der Waals surface area contributed by atoms with Gasteiger partial charge in [-0.15, -0.1) is 0 Å². The number of anilines is 1. The van der Waals surface area contributed by atoms with Gasteiger partial charge in [0.2, 0.25) is 0 Å². The summed E-state index contributed by atoms with van der Waals surface area (Å²) >= 11 is 0. The van der Waals surface area contributed by atoms with Gasteiger partial charge in [0.25, 0.3) is 15.9 Å². The number of sulfonamides is 1. The topological polar surface area (TPSA) is 84.5 Å². The number of rotatable bonds is 6.